The van der Waals surface area contributed by atoms with Gasteiger partial charge in [0.05, 0.1) is 6.07 Å². The number of nitriles is 1. The molecule has 1 amide bonds. The molecule has 1 aliphatic rings. The van der Waals surface area contributed by atoms with Crippen LogP contribution in [0, 0.1) is 11.3 Å². The Morgan fingerprint density at radius 2 is 1.82 bits per heavy atom. The van der Waals surface area contributed by atoms with Gasteiger partial charge in [-0.2, -0.15) is 5.26 Å². The number of carbonyl (C=O) groups excluding carboxylic acids is 2. The monoisotopic (exact) mass is 382 g/mol. The summed E-state index contributed by atoms with van der Waals surface area (Å²) in [7, 11) is 0. The summed E-state index contributed by atoms with van der Waals surface area (Å²) in [5, 5.41) is 33.4. The Morgan fingerprint density at radius 1 is 1.18 bits per heavy atom. The van der Waals surface area contributed by atoms with Crippen LogP contribution >= 0.6 is 0 Å². The number of phenols is 2. The largest absolute Gasteiger partial charge is 0.507 e. The van der Waals surface area contributed by atoms with Gasteiger partial charge in [-0.3, -0.25) is 4.79 Å². The average Bonchev–Trinajstić information content (AvgIpc) is 2.71. The van der Waals surface area contributed by atoms with Crippen molar-refractivity contribution >= 4 is 22.6 Å². The molecule has 146 valence electrons. The fourth-order valence-electron chi connectivity index (χ4n) is 3.53. The summed E-state index contributed by atoms with van der Waals surface area (Å²) in [5.74, 6) is -2.01. The van der Waals surface area contributed by atoms with E-state index in [1.54, 1.807) is 24.3 Å². The van der Waals surface area contributed by atoms with Crippen LogP contribution < -0.4 is 5.32 Å². The summed E-state index contributed by atoms with van der Waals surface area (Å²) in [6.07, 6.45) is 2.70. The van der Waals surface area contributed by atoms with Crippen molar-refractivity contribution in [3.05, 3.63) is 35.9 Å². The molecule has 0 radical (unpaired) electrons. The first-order chi connectivity index (χ1) is 13.4. The predicted molar refractivity (Wildman–Crippen MR) is 102 cm³/mol. The molecule has 1 fully saturated rings. The van der Waals surface area contributed by atoms with E-state index in [0.717, 1.165) is 25.3 Å². The zero-order chi connectivity index (χ0) is 20.3. The van der Waals surface area contributed by atoms with E-state index < -0.39 is 23.5 Å². The van der Waals surface area contributed by atoms with Crippen molar-refractivity contribution in [2.24, 2.45) is 0 Å². The lowest BCUT2D eigenvalue weighted by atomic mass is 9.83. The maximum Gasteiger partial charge on any atom is 0.342 e. The lowest BCUT2D eigenvalue weighted by Crippen LogP contribution is -2.52. The second-order valence-corrected chi connectivity index (χ2v) is 7.13. The van der Waals surface area contributed by atoms with E-state index in [2.05, 4.69) is 11.4 Å². The number of rotatable bonds is 4. The van der Waals surface area contributed by atoms with Crippen molar-refractivity contribution in [3.8, 4) is 17.6 Å². The van der Waals surface area contributed by atoms with E-state index in [1.165, 1.54) is 6.92 Å². The van der Waals surface area contributed by atoms with Gasteiger partial charge in [0.15, 0.2) is 6.10 Å². The van der Waals surface area contributed by atoms with Crippen LogP contribution in [0.4, 0.5) is 0 Å². The molecule has 0 aliphatic heterocycles. The third-order valence-electron chi connectivity index (χ3n) is 5.15. The van der Waals surface area contributed by atoms with Gasteiger partial charge < -0.3 is 20.3 Å². The van der Waals surface area contributed by atoms with Crippen LogP contribution in [-0.4, -0.2) is 33.7 Å². The zero-order valence-corrected chi connectivity index (χ0v) is 15.6. The molecule has 3 rings (SSSR count). The highest BCUT2D eigenvalue weighted by molar-refractivity contribution is 6.04. The Bertz CT molecular complexity index is 957. The third-order valence-corrected chi connectivity index (χ3v) is 5.15. The molecule has 7 heteroatoms. The van der Waals surface area contributed by atoms with E-state index >= 15 is 0 Å². The second-order valence-electron chi connectivity index (χ2n) is 7.13. The topological polar surface area (TPSA) is 120 Å². The van der Waals surface area contributed by atoms with Crippen molar-refractivity contribution in [2.75, 3.05) is 0 Å². The maximum absolute atomic E-state index is 12.5. The minimum atomic E-state index is -1.16. The first-order valence-electron chi connectivity index (χ1n) is 9.25. The van der Waals surface area contributed by atoms with E-state index in [9.17, 15) is 25.1 Å². The highest BCUT2D eigenvalue weighted by Crippen LogP contribution is 2.35. The molecule has 1 aliphatic carbocycles. The van der Waals surface area contributed by atoms with Gasteiger partial charge in [-0.1, -0.05) is 43.5 Å². The molecule has 0 spiro atoms. The molecule has 0 heterocycles. The summed E-state index contributed by atoms with van der Waals surface area (Å²) in [4.78, 5) is 24.9. The van der Waals surface area contributed by atoms with Gasteiger partial charge in [-0.15, -0.1) is 0 Å². The lowest BCUT2D eigenvalue weighted by Gasteiger charge is -2.32. The van der Waals surface area contributed by atoms with Crippen molar-refractivity contribution in [1.82, 2.24) is 5.32 Å². The van der Waals surface area contributed by atoms with Gasteiger partial charge in [0.1, 0.15) is 22.6 Å². The molecular weight excluding hydrogens is 360 g/mol. The smallest absolute Gasteiger partial charge is 0.342 e. The predicted octanol–water partition coefficient (Wildman–Crippen LogP) is 3.14. The van der Waals surface area contributed by atoms with Crippen molar-refractivity contribution in [3.63, 3.8) is 0 Å². The molecule has 2 aromatic rings. The molecule has 0 saturated heterocycles. The number of benzene rings is 2. The average molecular weight is 382 g/mol. The van der Waals surface area contributed by atoms with Crippen LogP contribution in [0.3, 0.4) is 0 Å². The highest BCUT2D eigenvalue weighted by Gasteiger charge is 2.35. The molecule has 7 nitrogen and oxygen atoms in total. The van der Waals surface area contributed by atoms with Gasteiger partial charge in [0.2, 0.25) is 0 Å². The number of carbonyl (C=O) groups is 2. The second kappa shape index (κ2) is 7.77. The number of amides is 1. The number of aromatic hydroxyl groups is 2. The number of nitrogens with one attached hydrogen (secondary N) is 1. The number of hydrogen-bond acceptors (Lipinski definition) is 6. The van der Waals surface area contributed by atoms with E-state index in [1.807, 2.05) is 0 Å². The number of ether oxygens (including phenoxy) is 1. The number of fused-ring (bicyclic) bond motifs is 1. The van der Waals surface area contributed by atoms with Crippen molar-refractivity contribution in [1.29, 1.82) is 5.26 Å². The summed E-state index contributed by atoms with van der Waals surface area (Å²) in [6.45, 7) is 1.40. The molecule has 3 N–H and O–H groups in total. The van der Waals surface area contributed by atoms with Gasteiger partial charge in [0, 0.05) is 10.8 Å². The standard InChI is InChI=1S/C21H22N2O5/c1-13(19(26)23-21(12-22)9-5-2-6-10-21)28-20(27)16-11-17(24)14-7-3-4-8-15(14)18(16)25/h3-4,7-8,11,13,24-25H,2,5-6,9-10H2,1H3,(H,23,26)/t13-/m1/s1. The fraction of sp³-hybridized carbons (Fsp3) is 0.381. The van der Waals surface area contributed by atoms with Crippen LogP contribution in [0.15, 0.2) is 30.3 Å². The molecule has 2 aromatic carbocycles. The Morgan fingerprint density at radius 3 is 2.46 bits per heavy atom. The number of hydrogen-bond donors (Lipinski definition) is 3. The van der Waals surface area contributed by atoms with Crippen molar-refractivity contribution < 1.29 is 24.5 Å². The van der Waals surface area contributed by atoms with Crippen LogP contribution in [0.2, 0.25) is 0 Å². The Kier molecular flexibility index (Phi) is 5.41. The molecule has 0 unspecified atom stereocenters. The van der Waals surface area contributed by atoms with Gasteiger partial charge in [0.25, 0.3) is 5.91 Å². The SMILES string of the molecule is C[C@@H](OC(=O)c1cc(O)c2ccccc2c1O)C(=O)NC1(C#N)CCCCC1. The van der Waals surface area contributed by atoms with E-state index in [0.29, 0.717) is 23.6 Å². The number of esters is 1. The highest BCUT2D eigenvalue weighted by atomic mass is 16.5. The van der Waals surface area contributed by atoms with Crippen LogP contribution in [-0.2, 0) is 9.53 Å². The quantitative estimate of drug-likeness (QED) is 0.552. The number of nitrogens with zero attached hydrogens (tertiary/aromatic N) is 1. The molecule has 28 heavy (non-hydrogen) atoms. The van der Waals surface area contributed by atoms with E-state index in [4.69, 9.17) is 4.74 Å². The van der Waals surface area contributed by atoms with Crippen LogP contribution in [0.25, 0.3) is 10.8 Å². The summed E-state index contributed by atoms with van der Waals surface area (Å²) in [5.41, 5.74) is -1.16. The minimum absolute atomic E-state index is 0.178. The molecule has 0 bridgehead atoms. The third kappa shape index (κ3) is 3.72. The van der Waals surface area contributed by atoms with Gasteiger partial charge >= 0.3 is 5.97 Å². The summed E-state index contributed by atoms with van der Waals surface area (Å²) >= 11 is 0. The molecule has 0 aromatic heterocycles. The Labute approximate surface area is 162 Å². The number of phenolic OH excluding ortho intramolecular Hbond substituents is 2. The zero-order valence-electron chi connectivity index (χ0n) is 15.6. The summed E-state index contributed by atoms with van der Waals surface area (Å²) in [6, 6.07) is 9.83. The first-order valence-corrected chi connectivity index (χ1v) is 9.25. The molecule has 1 saturated carbocycles. The van der Waals surface area contributed by atoms with Crippen molar-refractivity contribution in [2.45, 2.75) is 50.7 Å². The fourth-order valence-corrected chi connectivity index (χ4v) is 3.53. The van der Waals surface area contributed by atoms with Gasteiger partial charge in [-0.05, 0) is 25.8 Å². The maximum atomic E-state index is 12.5. The van der Waals surface area contributed by atoms with Crippen LogP contribution in [0.5, 0.6) is 11.5 Å². The molecule has 1 atom stereocenters. The Hall–Kier alpha value is -3.27. The normalized spacial score (nSPS) is 16.7. The summed E-state index contributed by atoms with van der Waals surface area (Å²) < 4.78 is 5.18. The first kappa shape index (κ1) is 19.5. The van der Waals surface area contributed by atoms with Gasteiger partial charge in [-0.25, -0.2) is 4.79 Å². The lowest BCUT2D eigenvalue weighted by molar-refractivity contribution is -0.130. The Balaban J connectivity index is 1.75. The van der Waals surface area contributed by atoms with E-state index in [-0.39, 0.29) is 17.1 Å². The van der Waals surface area contributed by atoms with Crippen LogP contribution in [0.1, 0.15) is 49.4 Å². The molecular formula is C21H22N2O5. The minimum Gasteiger partial charge on any atom is -0.507 e.